The first-order valence-corrected chi connectivity index (χ1v) is 10.9. The molecule has 4 rings (SSSR count). The highest BCUT2D eigenvalue weighted by Crippen LogP contribution is 2.34. The first kappa shape index (κ1) is 22.2. The molecule has 0 radical (unpaired) electrons. The van der Waals surface area contributed by atoms with E-state index in [9.17, 15) is 9.59 Å². The summed E-state index contributed by atoms with van der Waals surface area (Å²) in [7, 11) is 0. The van der Waals surface area contributed by atoms with Crippen molar-refractivity contribution in [2.45, 2.75) is 13.3 Å². The van der Waals surface area contributed by atoms with Gasteiger partial charge in [-0.2, -0.15) is 0 Å². The van der Waals surface area contributed by atoms with Crippen LogP contribution in [0.2, 0.25) is 0 Å². The molecule has 3 aromatic carbocycles. The fourth-order valence-corrected chi connectivity index (χ4v) is 3.56. The molecule has 0 bridgehead atoms. The Bertz CT molecular complexity index is 1100. The largest absolute Gasteiger partial charge is 0.494 e. The first-order chi connectivity index (χ1) is 16.1. The number of nitrogens with zero attached hydrogens (tertiary/aromatic N) is 1. The molecule has 0 aliphatic carbocycles. The molecular weight excluding hydrogens is 420 g/mol. The number of rotatable bonds is 9. The van der Waals surface area contributed by atoms with Gasteiger partial charge in [0, 0.05) is 5.69 Å². The zero-order valence-electron chi connectivity index (χ0n) is 18.5. The predicted octanol–water partition coefficient (Wildman–Crippen LogP) is 4.07. The summed E-state index contributed by atoms with van der Waals surface area (Å²) in [5, 5.41) is 2.90. The van der Waals surface area contributed by atoms with Crippen LogP contribution < -0.4 is 24.4 Å². The highest BCUT2D eigenvalue weighted by Gasteiger charge is 2.26. The molecule has 0 unspecified atom stereocenters. The van der Waals surface area contributed by atoms with Crippen LogP contribution in [0.5, 0.6) is 17.2 Å². The molecule has 0 aromatic heterocycles. The Balaban J connectivity index is 1.40. The molecule has 1 heterocycles. The van der Waals surface area contributed by atoms with Crippen molar-refractivity contribution in [3.63, 3.8) is 0 Å². The van der Waals surface area contributed by atoms with Crippen molar-refractivity contribution in [1.29, 1.82) is 0 Å². The summed E-state index contributed by atoms with van der Waals surface area (Å²) in [6.07, 6.45) is 0.230. The normalized spacial score (nSPS) is 12.5. The van der Waals surface area contributed by atoms with Crippen molar-refractivity contribution in [1.82, 2.24) is 0 Å². The SMILES string of the molecule is CCOc1ccc(CC(=O)Nc2ccc3c(c2)N(CCOc2ccccc2)C(=O)CO3)cc1. The van der Waals surface area contributed by atoms with Gasteiger partial charge in [0.1, 0.15) is 23.9 Å². The van der Waals surface area contributed by atoms with Crippen LogP contribution in [0.3, 0.4) is 0 Å². The fraction of sp³-hybridized carbons (Fsp3) is 0.231. The molecule has 0 atom stereocenters. The Labute approximate surface area is 192 Å². The quantitative estimate of drug-likeness (QED) is 0.536. The second kappa shape index (κ2) is 10.5. The lowest BCUT2D eigenvalue weighted by Crippen LogP contribution is -2.41. The average Bonchev–Trinajstić information content (AvgIpc) is 2.82. The van der Waals surface area contributed by atoms with E-state index in [1.54, 1.807) is 23.1 Å². The summed E-state index contributed by atoms with van der Waals surface area (Å²) in [6, 6.07) is 22.2. The number of amides is 2. The number of hydrogen-bond acceptors (Lipinski definition) is 5. The molecule has 0 spiro atoms. The predicted molar refractivity (Wildman–Crippen MR) is 126 cm³/mol. The number of hydrogen-bond donors (Lipinski definition) is 1. The van der Waals surface area contributed by atoms with E-state index < -0.39 is 0 Å². The van der Waals surface area contributed by atoms with Crippen molar-refractivity contribution in [3.05, 3.63) is 78.4 Å². The lowest BCUT2D eigenvalue weighted by Gasteiger charge is -2.29. The van der Waals surface area contributed by atoms with Crippen molar-refractivity contribution >= 4 is 23.2 Å². The summed E-state index contributed by atoms with van der Waals surface area (Å²) < 4.78 is 16.7. The van der Waals surface area contributed by atoms with E-state index in [4.69, 9.17) is 14.2 Å². The molecule has 7 nitrogen and oxygen atoms in total. The van der Waals surface area contributed by atoms with E-state index in [0.29, 0.717) is 36.9 Å². The third-order valence-corrected chi connectivity index (χ3v) is 5.11. The van der Waals surface area contributed by atoms with Gasteiger partial charge in [0.25, 0.3) is 5.91 Å². The smallest absolute Gasteiger partial charge is 0.265 e. The summed E-state index contributed by atoms with van der Waals surface area (Å²) in [6.45, 7) is 3.20. The van der Waals surface area contributed by atoms with E-state index in [-0.39, 0.29) is 24.8 Å². The Morgan fingerprint density at radius 1 is 1.00 bits per heavy atom. The molecule has 33 heavy (non-hydrogen) atoms. The van der Waals surface area contributed by atoms with Gasteiger partial charge in [-0.1, -0.05) is 30.3 Å². The van der Waals surface area contributed by atoms with Crippen molar-refractivity contribution < 1.29 is 23.8 Å². The zero-order valence-corrected chi connectivity index (χ0v) is 18.5. The van der Waals surface area contributed by atoms with Gasteiger partial charge in [0.15, 0.2) is 6.61 Å². The first-order valence-electron chi connectivity index (χ1n) is 10.9. The van der Waals surface area contributed by atoms with E-state index in [0.717, 1.165) is 17.1 Å². The standard InChI is InChI=1S/C26H26N2O5/c1-2-31-22-11-8-19(9-12-22)16-25(29)27-20-10-13-24-23(17-20)28(26(30)18-33-24)14-15-32-21-6-4-3-5-7-21/h3-13,17H,2,14-16,18H2,1H3,(H,27,29). The Kier molecular flexibility index (Phi) is 7.09. The van der Waals surface area contributed by atoms with Gasteiger partial charge in [0.05, 0.1) is 25.3 Å². The lowest BCUT2D eigenvalue weighted by atomic mass is 10.1. The van der Waals surface area contributed by atoms with Crippen molar-refractivity contribution in [2.75, 3.05) is 36.6 Å². The Hall–Kier alpha value is -4.00. The molecule has 1 N–H and O–H groups in total. The minimum atomic E-state index is -0.156. The van der Waals surface area contributed by atoms with Crippen LogP contribution >= 0.6 is 0 Å². The summed E-state index contributed by atoms with van der Waals surface area (Å²) in [4.78, 5) is 26.7. The third kappa shape index (κ3) is 5.83. The number of ether oxygens (including phenoxy) is 3. The lowest BCUT2D eigenvalue weighted by molar-refractivity contribution is -0.121. The summed E-state index contributed by atoms with van der Waals surface area (Å²) in [5.74, 6) is 1.81. The Morgan fingerprint density at radius 2 is 1.76 bits per heavy atom. The summed E-state index contributed by atoms with van der Waals surface area (Å²) in [5.41, 5.74) is 2.09. The van der Waals surface area contributed by atoms with Gasteiger partial charge in [-0.3, -0.25) is 9.59 Å². The maximum atomic E-state index is 12.6. The number of carbonyl (C=O) groups is 2. The molecule has 0 fully saturated rings. The fourth-order valence-electron chi connectivity index (χ4n) is 3.56. The van der Waals surface area contributed by atoms with E-state index in [1.807, 2.05) is 61.5 Å². The second-order valence-electron chi connectivity index (χ2n) is 7.48. The minimum Gasteiger partial charge on any atom is -0.494 e. The minimum absolute atomic E-state index is 0.0260. The zero-order chi connectivity index (χ0) is 23.0. The molecule has 170 valence electrons. The number of benzene rings is 3. The van der Waals surface area contributed by atoms with Crippen molar-refractivity contribution in [3.8, 4) is 17.2 Å². The van der Waals surface area contributed by atoms with Crippen LogP contribution in [0.4, 0.5) is 11.4 Å². The number of anilines is 2. The van der Waals surface area contributed by atoms with Gasteiger partial charge < -0.3 is 24.4 Å². The molecule has 1 aliphatic heterocycles. The van der Waals surface area contributed by atoms with Crippen LogP contribution in [0.15, 0.2) is 72.8 Å². The maximum Gasteiger partial charge on any atom is 0.265 e. The van der Waals surface area contributed by atoms with Gasteiger partial charge in [-0.25, -0.2) is 0 Å². The van der Waals surface area contributed by atoms with Crippen LogP contribution in [0.1, 0.15) is 12.5 Å². The van der Waals surface area contributed by atoms with Gasteiger partial charge >= 0.3 is 0 Å². The Morgan fingerprint density at radius 3 is 2.52 bits per heavy atom. The molecule has 2 amide bonds. The highest BCUT2D eigenvalue weighted by atomic mass is 16.5. The van der Waals surface area contributed by atoms with Gasteiger partial charge in [0.2, 0.25) is 5.91 Å². The van der Waals surface area contributed by atoms with E-state index in [1.165, 1.54) is 0 Å². The molecule has 3 aromatic rings. The molecule has 7 heteroatoms. The number of carbonyl (C=O) groups excluding carboxylic acids is 2. The number of fused-ring (bicyclic) bond motifs is 1. The van der Waals surface area contributed by atoms with Crippen LogP contribution in [-0.2, 0) is 16.0 Å². The van der Waals surface area contributed by atoms with Crippen molar-refractivity contribution in [2.24, 2.45) is 0 Å². The third-order valence-electron chi connectivity index (χ3n) is 5.11. The summed E-state index contributed by atoms with van der Waals surface area (Å²) >= 11 is 0. The highest BCUT2D eigenvalue weighted by molar-refractivity contribution is 5.99. The van der Waals surface area contributed by atoms with Crippen LogP contribution in [0.25, 0.3) is 0 Å². The topological polar surface area (TPSA) is 77.1 Å². The van der Waals surface area contributed by atoms with E-state index >= 15 is 0 Å². The molecular formula is C26H26N2O5. The van der Waals surface area contributed by atoms with Crippen LogP contribution in [0, 0.1) is 0 Å². The number of para-hydroxylation sites is 1. The number of nitrogens with one attached hydrogen (secondary N) is 1. The molecule has 1 aliphatic rings. The van der Waals surface area contributed by atoms with E-state index in [2.05, 4.69) is 5.32 Å². The molecule has 0 saturated carbocycles. The monoisotopic (exact) mass is 446 g/mol. The van der Waals surface area contributed by atoms with Gasteiger partial charge in [-0.15, -0.1) is 0 Å². The van der Waals surface area contributed by atoms with Gasteiger partial charge in [-0.05, 0) is 55.0 Å². The maximum absolute atomic E-state index is 12.6. The van der Waals surface area contributed by atoms with Crippen LogP contribution in [-0.4, -0.2) is 38.2 Å². The average molecular weight is 447 g/mol. The molecule has 0 saturated heterocycles. The second-order valence-corrected chi connectivity index (χ2v) is 7.48.